The fourth-order valence-electron chi connectivity index (χ4n) is 1.66. The lowest BCUT2D eigenvalue weighted by Gasteiger charge is -2.04. The molecule has 118 valence electrons. The summed E-state index contributed by atoms with van der Waals surface area (Å²) in [7, 11) is 0. The highest BCUT2D eigenvalue weighted by Gasteiger charge is 2.12. The largest absolute Gasteiger partial charge is 0.309 e. The van der Waals surface area contributed by atoms with Crippen molar-refractivity contribution >= 4 is 51.0 Å². The van der Waals surface area contributed by atoms with Gasteiger partial charge in [-0.3, -0.25) is 14.2 Å². The van der Waals surface area contributed by atoms with Gasteiger partial charge in [0, 0.05) is 4.47 Å². The molecule has 9 heteroatoms. The number of nitrogens with one attached hydrogen (secondary N) is 1. The predicted molar refractivity (Wildman–Crippen MR) is 92.8 cm³/mol. The maximum absolute atomic E-state index is 12.0. The molecule has 1 heterocycles. The number of nitriles is 1. The first-order chi connectivity index (χ1) is 11.0. The normalized spacial score (nSPS) is 10.7. The summed E-state index contributed by atoms with van der Waals surface area (Å²) in [4.78, 5) is 23.4. The Morgan fingerprint density at radius 2 is 2.17 bits per heavy atom. The van der Waals surface area contributed by atoms with Gasteiger partial charge in [-0.05, 0) is 17.7 Å². The van der Waals surface area contributed by atoms with Crippen LogP contribution >= 0.6 is 38.9 Å². The summed E-state index contributed by atoms with van der Waals surface area (Å²) in [5, 5.41) is 12.3. The molecular formula is C14H10BrClN4O2S. The number of thiazole rings is 1. The molecule has 0 aliphatic rings. The molecular weight excluding hydrogens is 404 g/mol. The van der Waals surface area contributed by atoms with Crippen molar-refractivity contribution in [2.45, 2.75) is 13.0 Å². The van der Waals surface area contributed by atoms with Crippen LogP contribution in [0, 0.1) is 11.3 Å². The van der Waals surface area contributed by atoms with Crippen molar-refractivity contribution in [2.75, 3.05) is 0 Å². The molecule has 0 saturated heterocycles. The molecule has 2 rings (SSSR count). The Balaban J connectivity index is 2.14. The number of hydrogen-bond acceptors (Lipinski definition) is 5. The van der Waals surface area contributed by atoms with Crippen molar-refractivity contribution in [3.8, 4) is 6.07 Å². The van der Waals surface area contributed by atoms with Gasteiger partial charge in [0.15, 0.2) is 0 Å². The van der Waals surface area contributed by atoms with Crippen LogP contribution in [0.15, 0.2) is 38.6 Å². The van der Waals surface area contributed by atoms with E-state index in [2.05, 4.69) is 26.5 Å². The first-order valence-corrected chi connectivity index (χ1v) is 8.32. The van der Waals surface area contributed by atoms with Gasteiger partial charge >= 0.3 is 4.87 Å². The summed E-state index contributed by atoms with van der Waals surface area (Å²) >= 11 is 10.5. The lowest BCUT2D eigenvalue weighted by molar-refractivity contribution is -0.120. The molecule has 0 fully saturated rings. The van der Waals surface area contributed by atoms with Crippen LogP contribution < -0.4 is 10.3 Å². The van der Waals surface area contributed by atoms with E-state index in [4.69, 9.17) is 16.9 Å². The molecule has 0 unspecified atom stereocenters. The molecule has 0 radical (unpaired) electrons. The van der Waals surface area contributed by atoms with Gasteiger partial charge in [0.2, 0.25) is 0 Å². The van der Waals surface area contributed by atoms with Gasteiger partial charge in [0.25, 0.3) is 5.91 Å². The Bertz CT molecular complexity index is 836. The molecule has 1 N–H and O–H groups in total. The van der Waals surface area contributed by atoms with E-state index in [0.717, 1.165) is 21.4 Å². The average molecular weight is 414 g/mol. The van der Waals surface area contributed by atoms with E-state index < -0.39 is 5.91 Å². The topological polar surface area (TPSA) is 87.2 Å². The second-order valence-electron chi connectivity index (χ2n) is 4.36. The van der Waals surface area contributed by atoms with E-state index >= 15 is 0 Å². The number of carbonyl (C=O) groups excluding carboxylic acids is 1. The molecule has 0 bridgehead atoms. The number of amides is 1. The third-order valence-corrected chi connectivity index (χ3v) is 4.68. The second-order valence-corrected chi connectivity index (χ2v) is 6.63. The zero-order valence-electron chi connectivity index (χ0n) is 11.6. The SMILES string of the molecule is N#CCC(=O)N/N=C/c1sc(=O)n(Cc2ccc(Br)cc2)c1Cl. The summed E-state index contributed by atoms with van der Waals surface area (Å²) in [6.45, 7) is 0.343. The van der Waals surface area contributed by atoms with Crippen LogP contribution in [0.3, 0.4) is 0 Å². The molecule has 0 saturated carbocycles. The number of carbonyl (C=O) groups is 1. The third kappa shape index (κ3) is 4.76. The van der Waals surface area contributed by atoms with Crippen molar-refractivity contribution < 1.29 is 4.79 Å². The summed E-state index contributed by atoms with van der Waals surface area (Å²) in [6.07, 6.45) is 1.01. The van der Waals surface area contributed by atoms with Gasteiger partial charge in [-0.15, -0.1) is 0 Å². The number of hydrazone groups is 1. The van der Waals surface area contributed by atoms with Crippen molar-refractivity contribution in [3.63, 3.8) is 0 Å². The lowest BCUT2D eigenvalue weighted by atomic mass is 10.2. The Morgan fingerprint density at radius 1 is 1.48 bits per heavy atom. The number of rotatable bonds is 5. The average Bonchev–Trinajstić information content (AvgIpc) is 2.77. The Labute approximate surface area is 149 Å². The molecule has 0 aliphatic heterocycles. The summed E-state index contributed by atoms with van der Waals surface area (Å²) in [6, 6.07) is 9.25. The van der Waals surface area contributed by atoms with Gasteiger partial charge in [-0.25, -0.2) is 5.43 Å². The van der Waals surface area contributed by atoms with E-state index in [-0.39, 0.29) is 16.4 Å². The number of halogens is 2. The lowest BCUT2D eigenvalue weighted by Crippen LogP contribution is -2.16. The van der Waals surface area contributed by atoms with E-state index in [1.807, 2.05) is 24.3 Å². The third-order valence-electron chi connectivity index (χ3n) is 2.72. The minimum absolute atomic E-state index is 0.220. The van der Waals surface area contributed by atoms with Crippen LogP contribution in [-0.4, -0.2) is 16.7 Å². The minimum atomic E-state index is -0.526. The van der Waals surface area contributed by atoms with E-state index in [1.54, 1.807) is 6.07 Å². The maximum Gasteiger partial charge on any atom is 0.309 e. The van der Waals surface area contributed by atoms with Gasteiger partial charge in [0.05, 0.1) is 23.7 Å². The standard InChI is InChI=1S/C14H10BrClN4O2S/c15-10-3-1-9(2-4-10)8-20-13(16)11(23-14(20)22)7-18-19-12(21)5-6-17/h1-4,7H,5,8H2,(H,19,21)/b18-7+. The van der Waals surface area contributed by atoms with Crippen LogP contribution in [0.25, 0.3) is 0 Å². The van der Waals surface area contributed by atoms with Crippen LogP contribution in [-0.2, 0) is 11.3 Å². The second kappa shape index (κ2) is 8.06. The number of nitrogens with zero attached hydrogens (tertiary/aromatic N) is 3. The number of aromatic nitrogens is 1. The fourth-order valence-corrected chi connectivity index (χ4v) is 3.03. The number of benzene rings is 1. The molecule has 2 aromatic rings. The van der Waals surface area contributed by atoms with Crippen molar-refractivity contribution in [1.82, 2.24) is 9.99 Å². The highest BCUT2D eigenvalue weighted by Crippen LogP contribution is 2.19. The molecule has 1 amide bonds. The zero-order valence-corrected chi connectivity index (χ0v) is 14.8. The summed E-state index contributed by atoms with van der Waals surface area (Å²) in [5.41, 5.74) is 3.11. The van der Waals surface area contributed by atoms with Gasteiger partial charge in [-0.2, -0.15) is 10.4 Å². The zero-order chi connectivity index (χ0) is 16.8. The molecule has 1 aromatic heterocycles. The molecule has 0 atom stereocenters. The van der Waals surface area contributed by atoms with Crippen LogP contribution in [0.2, 0.25) is 5.15 Å². The molecule has 1 aromatic carbocycles. The highest BCUT2D eigenvalue weighted by atomic mass is 79.9. The van der Waals surface area contributed by atoms with E-state index in [0.29, 0.717) is 11.4 Å². The summed E-state index contributed by atoms with van der Waals surface area (Å²) in [5.74, 6) is -0.526. The van der Waals surface area contributed by atoms with E-state index in [1.165, 1.54) is 10.8 Å². The number of hydrogen-bond donors (Lipinski definition) is 1. The Hall–Kier alpha value is -1.95. The quantitative estimate of drug-likeness (QED) is 0.604. The van der Waals surface area contributed by atoms with Gasteiger partial charge < -0.3 is 0 Å². The fraction of sp³-hybridized carbons (Fsp3) is 0.143. The smallest absolute Gasteiger partial charge is 0.284 e. The predicted octanol–water partition coefficient (Wildman–Crippen LogP) is 2.74. The maximum atomic E-state index is 12.0. The minimum Gasteiger partial charge on any atom is -0.284 e. The van der Waals surface area contributed by atoms with Crippen LogP contribution in [0.5, 0.6) is 0 Å². The van der Waals surface area contributed by atoms with Crippen molar-refractivity contribution in [1.29, 1.82) is 5.26 Å². The Morgan fingerprint density at radius 3 is 2.83 bits per heavy atom. The van der Waals surface area contributed by atoms with Gasteiger partial charge in [0.1, 0.15) is 11.6 Å². The van der Waals surface area contributed by atoms with Crippen molar-refractivity contribution in [3.05, 3.63) is 54.0 Å². The first kappa shape index (κ1) is 17.4. The molecule has 0 spiro atoms. The molecule has 0 aliphatic carbocycles. The van der Waals surface area contributed by atoms with Crippen LogP contribution in [0.4, 0.5) is 0 Å². The van der Waals surface area contributed by atoms with Gasteiger partial charge in [-0.1, -0.05) is 51.0 Å². The first-order valence-electron chi connectivity index (χ1n) is 6.33. The summed E-state index contributed by atoms with van der Waals surface area (Å²) < 4.78 is 2.37. The Kier molecular flexibility index (Phi) is 6.10. The van der Waals surface area contributed by atoms with E-state index in [9.17, 15) is 9.59 Å². The van der Waals surface area contributed by atoms with Crippen LogP contribution in [0.1, 0.15) is 16.9 Å². The highest BCUT2D eigenvalue weighted by molar-refractivity contribution is 9.10. The molecule has 23 heavy (non-hydrogen) atoms. The van der Waals surface area contributed by atoms with Crippen molar-refractivity contribution in [2.24, 2.45) is 5.10 Å². The monoisotopic (exact) mass is 412 g/mol. The molecule has 6 nitrogen and oxygen atoms in total.